The third kappa shape index (κ3) is 3.98. The molecule has 3 N–H and O–H groups in total. The fourth-order valence-electron chi connectivity index (χ4n) is 2.54. The molecule has 0 radical (unpaired) electrons. The van der Waals surface area contributed by atoms with Crippen LogP contribution in [0.1, 0.15) is 6.42 Å². The van der Waals surface area contributed by atoms with E-state index in [2.05, 4.69) is 10.3 Å². The number of nitrogens with one attached hydrogen (secondary N) is 1. The molecule has 0 unspecified atom stereocenters. The molecule has 0 atom stereocenters. The fraction of sp³-hybridized carbons (Fsp3) is 0.211. The number of aromatic nitrogens is 1. The van der Waals surface area contributed by atoms with E-state index in [1.807, 2.05) is 6.07 Å². The maximum absolute atomic E-state index is 14.1. The van der Waals surface area contributed by atoms with Gasteiger partial charge in [-0.15, -0.1) is 0 Å². The number of anilines is 2. The number of ether oxygens (including phenoxy) is 2. The Labute approximate surface area is 155 Å². The van der Waals surface area contributed by atoms with E-state index < -0.39 is 5.82 Å². The average molecular weight is 376 g/mol. The van der Waals surface area contributed by atoms with Crippen LogP contribution in [-0.4, -0.2) is 25.2 Å². The average Bonchev–Trinajstić information content (AvgIpc) is 2.64. The van der Waals surface area contributed by atoms with E-state index in [1.54, 1.807) is 37.6 Å². The predicted molar refractivity (Wildman–Crippen MR) is 102 cm³/mol. The SMILES string of the molecule is COc1cc2c(Nc3ccc(Cl)cc3F)ccnc2cc1OCCCN. The molecule has 26 heavy (non-hydrogen) atoms. The lowest BCUT2D eigenvalue weighted by atomic mass is 10.1. The van der Waals surface area contributed by atoms with Crippen LogP contribution < -0.4 is 20.5 Å². The van der Waals surface area contributed by atoms with Crippen molar-refractivity contribution in [2.24, 2.45) is 5.73 Å². The first-order valence-corrected chi connectivity index (χ1v) is 8.52. The standard InChI is InChI=1S/C19H19ClFN3O2/c1-25-18-10-13-15(24-16-4-3-12(20)9-14(16)21)5-7-23-17(13)11-19(18)26-8-2-6-22/h3-5,7,9-11H,2,6,8,22H2,1H3,(H,23,24). The summed E-state index contributed by atoms with van der Waals surface area (Å²) in [5.41, 5.74) is 7.22. The molecule has 1 aromatic heterocycles. The predicted octanol–water partition coefficient (Wildman–Crippen LogP) is 4.51. The molecule has 136 valence electrons. The fourth-order valence-corrected chi connectivity index (χ4v) is 2.70. The number of pyridine rings is 1. The number of rotatable bonds is 7. The van der Waals surface area contributed by atoms with Crippen molar-refractivity contribution in [3.05, 3.63) is 53.4 Å². The van der Waals surface area contributed by atoms with Gasteiger partial charge in [0.25, 0.3) is 0 Å². The number of nitrogens with two attached hydrogens (primary N) is 1. The highest BCUT2D eigenvalue weighted by Crippen LogP contribution is 2.36. The summed E-state index contributed by atoms with van der Waals surface area (Å²) in [5.74, 6) is 0.731. The first-order chi connectivity index (χ1) is 12.6. The molecule has 3 rings (SSSR count). The number of hydrogen-bond acceptors (Lipinski definition) is 5. The van der Waals surface area contributed by atoms with E-state index in [4.69, 9.17) is 26.8 Å². The smallest absolute Gasteiger partial charge is 0.163 e. The maximum atomic E-state index is 14.1. The van der Waals surface area contributed by atoms with Crippen molar-refractivity contribution in [3.63, 3.8) is 0 Å². The van der Waals surface area contributed by atoms with Gasteiger partial charge < -0.3 is 20.5 Å². The largest absolute Gasteiger partial charge is 0.493 e. The van der Waals surface area contributed by atoms with E-state index in [1.165, 1.54) is 6.07 Å². The molecule has 0 aliphatic heterocycles. The van der Waals surface area contributed by atoms with Crippen molar-refractivity contribution < 1.29 is 13.9 Å². The molecule has 0 amide bonds. The summed E-state index contributed by atoms with van der Waals surface area (Å²) in [6.07, 6.45) is 2.39. The Morgan fingerprint density at radius 2 is 2.00 bits per heavy atom. The summed E-state index contributed by atoms with van der Waals surface area (Å²) < 4.78 is 25.3. The second kappa shape index (κ2) is 8.21. The maximum Gasteiger partial charge on any atom is 0.163 e. The molecule has 7 heteroatoms. The van der Waals surface area contributed by atoms with Gasteiger partial charge in [-0.2, -0.15) is 0 Å². The molecule has 0 fully saturated rings. The first kappa shape index (κ1) is 18.2. The lowest BCUT2D eigenvalue weighted by Crippen LogP contribution is -2.07. The molecule has 1 heterocycles. The van der Waals surface area contributed by atoms with Crippen molar-refractivity contribution in [2.75, 3.05) is 25.6 Å². The summed E-state index contributed by atoms with van der Waals surface area (Å²) in [6.45, 7) is 1.04. The van der Waals surface area contributed by atoms with Crippen LogP contribution in [0.3, 0.4) is 0 Å². The van der Waals surface area contributed by atoms with Gasteiger partial charge in [0.2, 0.25) is 0 Å². The zero-order valence-electron chi connectivity index (χ0n) is 14.3. The number of hydrogen-bond donors (Lipinski definition) is 2. The molecule has 0 aliphatic rings. The van der Waals surface area contributed by atoms with Crippen LogP contribution in [0.5, 0.6) is 11.5 Å². The highest BCUT2D eigenvalue weighted by molar-refractivity contribution is 6.30. The zero-order valence-corrected chi connectivity index (χ0v) is 15.0. The summed E-state index contributed by atoms with van der Waals surface area (Å²) >= 11 is 5.81. The minimum atomic E-state index is -0.434. The minimum absolute atomic E-state index is 0.323. The Balaban J connectivity index is 1.98. The highest BCUT2D eigenvalue weighted by Gasteiger charge is 2.12. The molecular formula is C19H19ClFN3O2. The van der Waals surface area contributed by atoms with Gasteiger partial charge >= 0.3 is 0 Å². The second-order valence-corrected chi connectivity index (χ2v) is 6.06. The molecule has 0 bridgehead atoms. The highest BCUT2D eigenvalue weighted by atomic mass is 35.5. The summed E-state index contributed by atoms with van der Waals surface area (Å²) in [7, 11) is 1.57. The van der Waals surface area contributed by atoms with Gasteiger partial charge in [0.15, 0.2) is 11.5 Å². The number of methoxy groups -OCH3 is 1. The molecule has 0 saturated carbocycles. The van der Waals surface area contributed by atoms with Crippen LogP contribution in [0.25, 0.3) is 10.9 Å². The number of nitrogens with zero attached hydrogens (tertiary/aromatic N) is 1. The third-order valence-electron chi connectivity index (χ3n) is 3.83. The zero-order chi connectivity index (χ0) is 18.5. The van der Waals surface area contributed by atoms with E-state index in [-0.39, 0.29) is 0 Å². The minimum Gasteiger partial charge on any atom is -0.493 e. The molecule has 5 nitrogen and oxygen atoms in total. The second-order valence-electron chi connectivity index (χ2n) is 5.62. The van der Waals surface area contributed by atoms with Gasteiger partial charge in [-0.05, 0) is 43.3 Å². The summed E-state index contributed by atoms with van der Waals surface area (Å²) in [5, 5.41) is 4.20. The van der Waals surface area contributed by atoms with Crippen LogP contribution in [0, 0.1) is 5.82 Å². The molecular weight excluding hydrogens is 357 g/mol. The lowest BCUT2D eigenvalue weighted by Gasteiger charge is -2.14. The normalized spacial score (nSPS) is 10.8. The van der Waals surface area contributed by atoms with Gasteiger partial charge in [0.1, 0.15) is 5.82 Å². The third-order valence-corrected chi connectivity index (χ3v) is 4.07. The number of halogens is 2. The lowest BCUT2D eigenvalue weighted by molar-refractivity contribution is 0.292. The van der Waals surface area contributed by atoms with Crippen molar-refractivity contribution in [3.8, 4) is 11.5 Å². The molecule has 0 aliphatic carbocycles. The van der Waals surface area contributed by atoms with Crippen molar-refractivity contribution in [2.45, 2.75) is 6.42 Å². The molecule has 0 saturated heterocycles. The Morgan fingerprint density at radius 3 is 2.73 bits per heavy atom. The van der Waals surface area contributed by atoms with E-state index >= 15 is 0 Å². The Hall–Kier alpha value is -2.57. The Morgan fingerprint density at radius 1 is 1.15 bits per heavy atom. The monoisotopic (exact) mass is 375 g/mol. The van der Waals surface area contributed by atoms with Crippen LogP contribution in [0.2, 0.25) is 5.02 Å². The van der Waals surface area contributed by atoms with Gasteiger partial charge in [-0.1, -0.05) is 11.6 Å². The Bertz CT molecular complexity index is 921. The van der Waals surface area contributed by atoms with E-state index in [0.717, 1.165) is 11.8 Å². The van der Waals surface area contributed by atoms with Crippen LogP contribution in [-0.2, 0) is 0 Å². The van der Waals surface area contributed by atoms with Gasteiger partial charge in [0.05, 0.1) is 24.9 Å². The number of fused-ring (bicyclic) bond motifs is 1. The van der Waals surface area contributed by atoms with Crippen LogP contribution in [0.4, 0.5) is 15.8 Å². The quantitative estimate of drug-likeness (QED) is 0.595. The topological polar surface area (TPSA) is 69.4 Å². The van der Waals surface area contributed by atoms with Crippen molar-refractivity contribution in [1.82, 2.24) is 4.98 Å². The van der Waals surface area contributed by atoms with Crippen molar-refractivity contribution >= 4 is 33.9 Å². The molecule has 2 aromatic carbocycles. The van der Waals surface area contributed by atoms with Crippen LogP contribution in [0.15, 0.2) is 42.6 Å². The van der Waals surface area contributed by atoms with Gasteiger partial charge in [0, 0.05) is 28.4 Å². The molecule has 3 aromatic rings. The molecule has 0 spiro atoms. The Kier molecular flexibility index (Phi) is 5.75. The first-order valence-electron chi connectivity index (χ1n) is 8.14. The van der Waals surface area contributed by atoms with Gasteiger partial charge in [-0.3, -0.25) is 4.98 Å². The van der Waals surface area contributed by atoms with Crippen molar-refractivity contribution in [1.29, 1.82) is 0 Å². The van der Waals surface area contributed by atoms with Gasteiger partial charge in [-0.25, -0.2) is 4.39 Å². The van der Waals surface area contributed by atoms with E-state index in [9.17, 15) is 4.39 Å². The summed E-state index contributed by atoms with van der Waals surface area (Å²) in [4.78, 5) is 4.37. The van der Waals surface area contributed by atoms with E-state index in [0.29, 0.717) is 46.6 Å². The summed E-state index contributed by atoms with van der Waals surface area (Å²) in [6, 6.07) is 9.86. The van der Waals surface area contributed by atoms with Crippen LogP contribution >= 0.6 is 11.6 Å². The number of benzene rings is 2.